The topological polar surface area (TPSA) is 75.4 Å². The van der Waals surface area contributed by atoms with Crippen LogP contribution in [0.25, 0.3) is 0 Å². The van der Waals surface area contributed by atoms with Crippen LogP contribution in [0.2, 0.25) is 0 Å². The van der Waals surface area contributed by atoms with E-state index in [0.29, 0.717) is 6.42 Å². The van der Waals surface area contributed by atoms with Gasteiger partial charge in [0.1, 0.15) is 6.04 Å². The standard InChI is InChI=1S/C12H23N3O2/c1-3-6-10(13)11(16)14-9(2)12(17)15-7-4-5-8-15/h9-10H,3-8,13H2,1-2H3,(H,14,16)/t9?,10-/m1/s1. The summed E-state index contributed by atoms with van der Waals surface area (Å²) in [5, 5.41) is 2.69. The lowest BCUT2D eigenvalue weighted by Crippen LogP contribution is -2.50. The molecule has 0 spiro atoms. The normalized spacial score (nSPS) is 18.9. The maximum Gasteiger partial charge on any atom is 0.244 e. The minimum atomic E-state index is -0.506. The van der Waals surface area contributed by atoms with E-state index in [0.717, 1.165) is 32.4 Å². The molecule has 1 saturated heterocycles. The minimum Gasteiger partial charge on any atom is -0.343 e. The van der Waals surface area contributed by atoms with Gasteiger partial charge in [-0.2, -0.15) is 0 Å². The van der Waals surface area contributed by atoms with Crippen molar-refractivity contribution in [1.29, 1.82) is 0 Å². The third kappa shape index (κ3) is 4.00. The third-order valence-corrected chi connectivity index (χ3v) is 3.08. The second-order valence-electron chi connectivity index (χ2n) is 4.66. The molecule has 0 aromatic heterocycles. The van der Waals surface area contributed by atoms with Crippen LogP contribution in [0, 0.1) is 0 Å². The smallest absolute Gasteiger partial charge is 0.244 e. The first-order chi connectivity index (χ1) is 8.06. The molecule has 2 amide bonds. The van der Waals surface area contributed by atoms with Gasteiger partial charge in [-0.3, -0.25) is 9.59 Å². The molecule has 0 aromatic rings. The Morgan fingerprint density at radius 2 is 1.94 bits per heavy atom. The third-order valence-electron chi connectivity index (χ3n) is 3.08. The van der Waals surface area contributed by atoms with E-state index in [1.165, 1.54) is 0 Å². The lowest BCUT2D eigenvalue weighted by molar-refractivity contribution is -0.135. The van der Waals surface area contributed by atoms with Crippen LogP contribution in [0.5, 0.6) is 0 Å². The zero-order valence-corrected chi connectivity index (χ0v) is 10.7. The predicted octanol–water partition coefficient (Wildman–Crippen LogP) is 0.241. The van der Waals surface area contributed by atoms with Gasteiger partial charge in [0.05, 0.1) is 6.04 Å². The monoisotopic (exact) mass is 241 g/mol. The Balaban J connectivity index is 2.39. The zero-order chi connectivity index (χ0) is 12.8. The Morgan fingerprint density at radius 3 is 2.47 bits per heavy atom. The summed E-state index contributed by atoms with van der Waals surface area (Å²) in [6.45, 7) is 5.31. The molecule has 1 heterocycles. The van der Waals surface area contributed by atoms with Gasteiger partial charge in [-0.25, -0.2) is 0 Å². The largest absolute Gasteiger partial charge is 0.343 e. The number of rotatable bonds is 5. The molecule has 1 unspecified atom stereocenters. The molecule has 5 heteroatoms. The highest BCUT2D eigenvalue weighted by Crippen LogP contribution is 2.09. The van der Waals surface area contributed by atoms with E-state index < -0.39 is 12.1 Å². The second-order valence-corrected chi connectivity index (χ2v) is 4.66. The molecule has 98 valence electrons. The van der Waals surface area contributed by atoms with Crippen LogP contribution in [0.3, 0.4) is 0 Å². The van der Waals surface area contributed by atoms with E-state index in [1.807, 2.05) is 6.92 Å². The molecule has 0 bridgehead atoms. The van der Waals surface area contributed by atoms with Crippen molar-refractivity contribution in [3.63, 3.8) is 0 Å². The number of carbonyl (C=O) groups excluding carboxylic acids is 2. The van der Waals surface area contributed by atoms with Crippen LogP contribution in [0.4, 0.5) is 0 Å². The highest BCUT2D eigenvalue weighted by atomic mass is 16.2. The van der Waals surface area contributed by atoms with Gasteiger partial charge < -0.3 is 16.0 Å². The van der Waals surface area contributed by atoms with Crippen LogP contribution in [-0.4, -0.2) is 41.9 Å². The lowest BCUT2D eigenvalue weighted by atomic mass is 10.1. The molecule has 1 rings (SSSR count). The molecule has 1 aliphatic heterocycles. The molecule has 0 aromatic carbocycles. The number of nitrogens with zero attached hydrogens (tertiary/aromatic N) is 1. The highest BCUT2D eigenvalue weighted by Gasteiger charge is 2.25. The summed E-state index contributed by atoms with van der Waals surface area (Å²) in [5.41, 5.74) is 5.69. The van der Waals surface area contributed by atoms with Crippen LogP contribution in [0.15, 0.2) is 0 Å². The average Bonchev–Trinajstić information content (AvgIpc) is 2.81. The fourth-order valence-corrected chi connectivity index (χ4v) is 2.04. The van der Waals surface area contributed by atoms with Gasteiger partial charge in [-0.1, -0.05) is 13.3 Å². The molecule has 0 radical (unpaired) electrons. The number of hydrogen-bond donors (Lipinski definition) is 2. The Labute approximate surface area is 103 Å². The maximum absolute atomic E-state index is 11.9. The first kappa shape index (κ1) is 14.0. The minimum absolute atomic E-state index is 0.000418. The zero-order valence-electron chi connectivity index (χ0n) is 10.7. The Hall–Kier alpha value is -1.10. The van der Waals surface area contributed by atoms with Crippen molar-refractivity contribution in [2.75, 3.05) is 13.1 Å². The Kier molecular flexibility index (Phi) is 5.41. The van der Waals surface area contributed by atoms with Gasteiger partial charge in [0.15, 0.2) is 0 Å². The molecule has 5 nitrogen and oxygen atoms in total. The van der Waals surface area contributed by atoms with Crippen molar-refractivity contribution in [2.45, 2.75) is 51.6 Å². The summed E-state index contributed by atoms with van der Waals surface area (Å²) in [4.78, 5) is 25.4. The molecular weight excluding hydrogens is 218 g/mol. The Morgan fingerprint density at radius 1 is 1.35 bits per heavy atom. The van der Waals surface area contributed by atoms with Crippen molar-refractivity contribution in [2.24, 2.45) is 5.73 Å². The maximum atomic E-state index is 11.9. The average molecular weight is 241 g/mol. The molecule has 0 saturated carbocycles. The molecule has 0 aliphatic carbocycles. The number of hydrogen-bond acceptors (Lipinski definition) is 3. The molecule has 3 N–H and O–H groups in total. The molecule has 1 aliphatic rings. The van der Waals surface area contributed by atoms with Gasteiger partial charge in [0.25, 0.3) is 0 Å². The van der Waals surface area contributed by atoms with Crippen molar-refractivity contribution in [3.8, 4) is 0 Å². The van der Waals surface area contributed by atoms with E-state index in [9.17, 15) is 9.59 Å². The number of nitrogens with one attached hydrogen (secondary N) is 1. The number of carbonyl (C=O) groups is 2. The summed E-state index contributed by atoms with van der Waals surface area (Å²) in [7, 11) is 0. The van der Waals surface area contributed by atoms with Crippen molar-refractivity contribution < 1.29 is 9.59 Å². The number of amides is 2. The van der Waals surface area contributed by atoms with Gasteiger partial charge >= 0.3 is 0 Å². The quantitative estimate of drug-likeness (QED) is 0.724. The second kappa shape index (κ2) is 6.59. The summed E-state index contributed by atoms with van der Waals surface area (Å²) in [6.07, 6.45) is 3.63. The first-order valence-electron chi connectivity index (χ1n) is 6.41. The van der Waals surface area contributed by atoms with Gasteiger partial charge in [0.2, 0.25) is 11.8 Å². The lowest BCUT2D eigenvalue weighted by Gasteiger charge is -2.22. The van der Waals surface area contributed by atoms with Crippen LogP contribution >= 0.6 is 0 Å². The SMILES string of the molecule is CCC[C@@H](N)C(=O)NC(C)C(=O)N1CCCC1. The van der Waals surface area contributed by atoms with Crippen molar-refractivity contribution >= 4 is 11.8 Å². The Bertz CT molecular complexity index is 275. The molecule has 17 heavy (non-hydrogen) atoms. The van der Waals surface area contributed by atoms with Crippen LogP contribution in [-0.2, 0) is 9.59 Å². The summed E-state index contributed by atoms with van der Waals surface area (Å²) in [5.74, 6) is -0.230. The van der Waals surface area contributed by atoms with E-state index in [4.69, 9.17) is 5.73 Å². The first-order valence-corrected chi connectivity index (χ1v) is 6.41. The molecule has 1 fully saturated rings. The van der Waals surface area contributed by atoms with Gasteiger partial charge in [-0.05, 0) is 26.2 Å². The summed E-state index contributed by atoms with van der Waals surface area (Å²) >= 11 is 0. The fourth-order valence-electron chi connectivity index (χ4n) is 2.04. The number of likely N-dealkylation sites (tertiary alicyclic amines) is 1. The summed E-state index contributed by atoms with van der Waals surface area (Å²) < 4.78 is 0. The van der Waals surface area contributed by atoms with Crippen LogP contribution < -0.4 is 11.1 Å². The highest BCUT2D eigenvalue weighted by molar-refractivity contribution is 5.89. The van der Waals surface area contributed by atoms with E-state index in [-0.39, 0.29) is 11.8 Å². The van der Waals surface area contributed by atoms with Crippen LogP contribution in [0.1, 0.15) is 39.5 Å². The van der Waals surface area contributed by atoms with E-state index >= 15 is 0 Å². The van der Waals surface area contributed by atoms with Crippen molar-refractivity contribution in [1.82, 2.24) is 10.2 Å². The summed E-state index contributed by atoms with van der Waals surface area (Å²) in [6, 6.07) is -0.975. The van der Waals surface area contributed by atoms with Crippen molar-refractivity contribution in [3.05, 3.63) is 0 Å². The fraction of sp³-hybridized carbons (Fsp3) is 0.833. The van der Waals surface area contributed by atoms with Gasteiger partial charge in [0, 0.05) is 13.1 Å². The molecule has 2 atom stereocenters. The van der Waals surface area contributed by atoms with Gasteiger partial charge in [-0.15, -0.1) is 0 Å². The van der Waals surface area contributed by atoms with E-state index in [1.54, 1.807) is 11.8 Å². The van der Waals surface area contributed by atoms with E-state index in [2.05, 4.69) is 5.32 Å². The molecular formula is C12H23N3O2. The number of nitrogens with two attached hydrogens (primary N) is 1. The predicted molar refractivity (Wildman–Crippen MR) is 66.3 cm³/mol.